The predicted octanol–water partition coefficient (Wildman–Crippen LogP) is 4.82. The molecule has 3 aromatic rings. The molecule has 0 atom stereocenters. The molecule has 3 N–H and O–H groups in total. The third-order valence-electron chi connectivity index (χ3n) is 5.31. The number of rotatable bonds is 7. The van der Waals surface area contributed by atoms with Gasteiger partial charge in [0.1, 0.15) is 5.75 Å². The highest BCUT2D eigenvalue weighted by Gasteiger charge is 2.38. The van der Waals surface area contributed by atoms with Crippen LogP contribution in [0.4, 0.5) is 18.9 Å². The summed E-state index contributed by atoms with van der Waals surface area (Å²) < 4.78 is 39.8. The summed E-state index contributed by atoms with van der Waals surface area (Å²) in [5.74, 6) is -1.83. The lowest BCUT2D eigenvalue weighted by atomic mass is 10.1. The van der Waals surface area contributed by atoms with Crippen LogP contribution in [0.3, 0.4) is 0 Å². The van der Waals surface area contributed by atoms with Gasteiger partial charge in [0.2, 0.25) is 0 Å². The van der Waals surface area contributed by atoms with Crippen molar-refractivity contribution in [3.05, 3.63) is 59.8 Å². The minimum absolute atomic E-state index is 0.698. The minimum Gasteiger partial charge on any atom is -0.494 e. The first kappa shape index (κ1) is 24.4. The molecule has 0 amide bonds. The number of nitrogens with zero attached hydrogens (tertiary/aromatic N) is 1. The second kappa shape index (κ2) is 11.1. The fourth-order valence-corrected chi connectivity index (χ4v) is 3.92. The maximum Gasteiger partial charge on any atom is 0.490 e. The van der Waals surface area contributed by atoms with Gasteiger partial charge in [-0.25, -0.2) is 4.79 Å². The molecule has 0 saturated carbocycles. The van der Waals surface area contributed by atoms with E-state index in [4.69, 9.17) is 14.6 Å². The van der Waals surface area contributed by atoms with Crippen molar-refractivity contribution in [1.29, 1.82) is 0 Å². The normalized spacial score (nSPS) is 13.1. The molecule has 0 bridgehead atoms. The first-order valence-corrected chi connectivity index (χ1v) is 10.9. The van der Waals surface area contributed by atoms with Crippen LogP contribution in [0.1, 0.15) is 24.6 Å². The van der Waals surface area contributed by atoms with Crippen LogP contribution >= 0.6 is 0 Å². The largest absolute Gasteiger partial charge is 0.494 e. The van der Waals surface area contributed by atoms with Gasteiger partial charge in [0.15, 0.2) is 0 Å². The van der Waals surface area contributed by atoms with E-state index < -0.39 is 12.1 Å². The van der Waals surface area contributed by atoms with Crippen molar-refractivity contribution in [3.8, 4) is 5.75 Å². The van der Waals surface area contributed by atoms with Crippen LogP contribution in [0.25, 0.3) is 10.9 Å². The Bertz CT molecular complexity index is 1080. The van der Waals surface area contributed by atoms with Gasteiger partial charge in [-0.1, -0.05) is 24.3 Å². The van der Waals surface area contributed by atoms with Crippen LogP contribution in [-0.2, 0) is 24.3 Å². The number of aromatic nitrogens is 1. The third-order valence-corrected chi connectivity index (χ3v) is 5.31. The van der Waals surface area contributed by atoms with Gasteiger partial charge in [0, 0.05) is 48.0 Å². The van der Waals surface area contributed by atoms with Gasteiger partial charge in [0.25, 0.3) is 0 Å². The van der Waals surface area contributed by atoms with Gasteiger partial charge >= 0.3 is 12.1 Å². The number of carbonyl (C=O) groups is 1. The Hall–Kier alpha value is -3.20. The van der Waals surface area contributed by atoms with Crippen molar-refractivity contribution in [2.45, 2.75) is 39.0 Å². The van der Waals surface area contributed by atoms with Gasteiger partial charge in [-0.05, 0) is 50.1 Å². The van der Waals surface area contributed by atoms with Crippen molar-refractivity contribution in [2.75, 3.05) is 25.0 Å². The number of hydrogen-bond donors (Lipinski definition) is 3. The number of aliphatic carboxylic acids is 1. The summed E-state index contributed by atoms with van der Waals surface area (Å²) in [6.45, 7) is 6.76. The molecule has 0 radical (unpaired) electrons. The molecule has 0 spiro atoms. The molecule has 178 valence electrons. The van der Waals surface area contributed by atoms with Crippen molar-refractivity contribution in [3.63, 3.8) is 0 Å². The fourth-order valence-electron chi connectivity index (χ4n) is 3.92. The van der Waals surface area contributed by atoms with Crippen molar-refractivity contribution >= 4 is 22.6 Å². The Morgan fingerprint density at radius 2 is 1.97 bits per heavy atom. The zero-order valence-electron chi connectivity index (χ0n) is 18.4. The first-order chi connectivity index (χ1) is 15.8. The summed E-state index contributed by atoms with van der Waals surface area (Å²) in [7, 11) is 0. The van der Waals surface area contributed by atoms with Crippen LogP contribution in [0.15, 0.2) is 48.5 Å². The highest BCUT2D eigenvalue weighted by atomic mass is 19.4. The number of nitrogens with one attached hydrogen (secondary N) is 2. The minimum atomic E-state index is -5.08. The zero-order valence-corrected chi connectivity index (χ0v) is 18.4. The van der Waals surface area contributed by atoms with E-state index in [1.54, 1.807) is 0 Å². The molecule has 0 saturated heterocycles. The van der Waals surface area contributed by atoms with Gasteiger partial charge < -0.3 is 25.0 Å². The third kappa shape index (κ3) is 6.41. The molecule has 0 aliphatic carbocycles. The van der Waals surface area contributed by atoms with E-state index in [1.165, 1.54) is 22.2 Å². The lowest BCUT2D eigenvalue weighted by Gasteiger charge is -2.17. The molecule has 9 heteroatoms. The number of benzene rings is 2. The molecule has 0 fully saturated rings. The number of hydrogen-bond acceptors (Lipinski definition) is 4. The number of ether oxygens (including phenoxy) is 1. The number of para-hydroxylation sites is 1. The van der Waals surface area contributed by atoms with Gasteiger partial charge in [-0.3, -0.25) is 0 Å². The number of fused-ring (bicyclic) bond motifs is 3. The van der Waals surface area contributed by atoms with E-state index in [0.717, 1.165) is 50.5 Å². The molecule has 6 nitrogen and oxygen atoms in total. The Labute approximate surface area is 190 Å². The number of carboxylic acids is 1. The summed E-state index contributed by atoms with van der Waals surface area (Å²) in [6, 6.07) is 17.0. The predicted molar refractivity (Wildman–Crippen MR) is 122 cm³/mol. The zero-order chi connectivity index (χ0) is 23.8. The highest BCUT2D eigenvalue weighted by molar-refractivity contribution is 5.85. The Morgan fingerprint density at radius 3 is 2.70 bits per heavy atom. The summed E-state index contributed by atoms with van der Waals surface area (Å²) in [5, 5.41) is 15.6. The Kier molecular flexibility index (Phi) is 8.21. The smallest absolute Gasteiger partial charge is 0.490 e. The monoisotopic (exact) mass is 463 g/mol. The van der Waals surface area contributed by atoms with Crippen molar-refractivity contribution in [1.82, 2.24) is 9.88 Å². The number of alkyl halides is 3. The molecule has 1 aliphatic heterocycles. The lowest BCUT2D eigenvalue weighted by Crippen LogP contribution is -2.25. The van der Waals surface area contributed by atoms with Crippen LogP contribution in [0, 0.1) is 0 Å². The Morgan fingerprint density at radius 1 is 1.21 bits per heavy atom. The van der Waals surface area contributed by atoms with Crippen LogP contribution < -0.4 is 15.4 Å². The van der Waals surface area contributed by atoms with E-state index >= 15 is 0 Å². The maximum absolute atomic E-state index is 10.6. The summed E-state index contributed by atoms with van der Waals surface area (Å²) in [4.78, 5) is 8.90. The summed E-state index contributed by atoms with van der Waals surface area (Å²) in [6.07, 6.45) is -2.87. The molecule has 0 unspecified atom stereocenters. The fraction of sp³-hybridized carbons (Fsp3) is 0.375. The molecule has 1 aromatic heterocycles. The van der Waals surface area contributed by atoms with E-state index in [2.05, 4.69) is 51.6 Å². The van der Waals surface area contributed by atoms with Crippen LogP contribution in [0.2, 0.25) is 0 Å². The highest BCUT2D eigenvalue weighted by Crippen LogP contribution is 2.28. The number of aryl methyl sites for hydroxylation is 1. The molecular formula is C24H28F3N3O3. The second-order valence-electron chi connectivity index (χ2n) is 7.56. The van der Waals surface area contributed by atoms with E-state index in [9.17, 15) is 13.2 Å². The van der Waals surface area contributed by atoms with E-state index in [-0.39, 0.29) is 0 Å². The van der Waals surface area contributed by atoms with E-state index in [0.29, 0.717) is 6.61 Å². The van der Waals surface area contributed by atoms with Gasteiger partial charge in [-0.15, -0.1) is 0 Å². The lowest BCUT2D eigenvalue weighted by molar-refractivity contribution is -0.192. The molecule has 33 heavy (non-hydrogen) atoms. The quantitative estimate of drug-likeness (QED) is 0.438. The van der Waals surface area contributed by atoms with Crippen LogP contribution in [-0.4, -0.2) is 41.5 Å². The molecule has 1 aliphatic rings. The summed E-state index contributed by atoms with van der Waals surface area (Å²) in [5.41, 5.74) is 5.50. The second-order valence-corrected chi connectivity index (χ2v) is 7.56. The standard InChI is InChI=1S/C22H27N3O.C2HF3O2/c1-2-26-18-8-5-7-17(15-18)24-12-6-14-25-21-10-4-3-9-19(21)20-11-13-23-16-22(20)25;3-2(4,5)1(6)7/h3-5,7-10,15,23-24H,2,6,11-14,16H2,1H3;(H,6,7). The SMILES string of the molecule is CCOc1cccc(NCCCn2c3c(c4ccccc42)CCNC3)c1.O=C(O)C(F)(F)F. The molecule has 2 heterocycles. The van der Waals surface area contributed by atoms with Crippen molar-refractivity contribution < 1.29 is 27.8 Å². The first-order valence-electron chi connectivity index (χ1n) is 10.9. The average molecular weight is 464 g/mol. The topological polar surface area (TPSA) is 75.5 Å². The number of carboxylic acid groups (broad SMARTS) is 1. The molecule has 2 aromatic carbocycles. The summed E-state index contributed by atoms with van der Waals surface area (Å²) >= 11 is 0. The molecular weight excluding hydrogens is 435 g/mol. The Balaban J connectivity index is 0.000000383. The van der Waals surface area contributed by atoms with Crippen LogP contribution in [0.5, 0.6) is 5.75 Å². The van der Waals surface area contributed by atoms with Gasteiger partial charge in [-0.2, -0.15) is 13.2 Å². The van der Waals surface area contributed by atoms with E-state index in [1.807, 2.05) is 19.1 Å². The number of halogens is 3. The van der Waals surface area contributed by atoms with Crippen molar-refractivity contribution in [2.24, 2.45) is 0 Å². The maximum atomic E-state index is 10.6. The number of anilines is 1. The van der Waals surface area contributed by atoms with Gasteiger partial charge in [0.05, 0.1) is 6.61 Å². The molecule has 4 rings (SSSR count). The average Bonchev–Trinajstić information content (AvgIpc) is 3.11.